The molecule has 1 fully saturated rings. The van der Waals surface area contributed by atoms with Gasteiger partial charge in [-0.15, -0.1) is 11.3 Å². The maximum absolute atomic E-state index is 11.4. The molecule has 23 heavy (non-hydrogen) atoms. The fourth-order valence-corrected chi connectivity index (χ4v) is 4.12. The summed E-state index contributed by atoms with van der Waals surface area (Å²) in [6.45, 7) is 1.66. The summed E-state index contributed by atoms with van der Waals surface area (Å²) in [4.78, 5) is 22.4. The van der Waals surface area contributed by atoms with Crippen molar-refractivity contribution in [3.8, 4) is 0 Å². The lowest BCUT2D eigenvalue weighted by Gasteiger charge is -2.18. The normalized spacial score (nSPS) is 17.7. The topological polar surface area (TPSA) is 66.3 Å². The first-order chi connectivity index (χ1) is 11.2. The van der Waals surface area contributed by atoms with Crippen molar-refractivity contribution >= 4 is 33.3 Å². The number of fused-ring (bicyclic) bond motifs is 1. The van der Waals surface area contributed by atoms with E-state index in [2.05, 4.69) is 14.9 Å². The average Bonchev–Trinajstić information content (AvgIpc) is 3.23. The molecule has 1 saturated heterocycles. The SMILES string of the molecule is O=C(O)c1ccccc1[C@@H]1CCN(c2ncnc3ccsc23)C1. The zero-order valence-corrected chi connectivity index (χ0v) is 13.2. The highest BCUT2D eigenvalue weighted by atomic mass is 32.1. The fraction of sp³-hybridized carbons (Fsp3) is 0.235. The lowest BCUT2D eigenvalue weighted by molar-refractivity contribution is 0.0695. The highest BCUT2D eigenvalue weighted by Gasteiger charge is 2.28. The molecule has 0 amide bonds. The first kappa shape index (κ1) is 14.1. The van der Waals surface area contributed by atoms with Gasteiger partial charge in [-0.1, -0.05) is 18.2 Å². The second kappa shape index (κ2) is 5.62. The van der Waals surface area contributed by atoms with E-state index in [4.69, 9.17) is 0 Å². The Bertz CT molecular complexity index is 877. The number of benzene rings is 1. The quantitative estimate of drug-likeness (QED) is 0.799. The van der Waals surface area contributed by atoms with E-state index in [0.717, 1.165) is 41.1 Å². The molecule has 0 radical (unpaired) electrons. The minimum Gasteiger partial charge on any atom is -0.478 e. The molecule has 1 N–H and O–H groups in total. The lowest BCUT2D eigenvalue weighted by Crippen LogP contribution is -2.21. The third-order valence-corrected chi connectivity index (χ3v) is 5.24. The van der Waals surface area contributed by atoms with Crippen molar-refractivity contribution in [2.75, 3.05) is 18.0 Å². The van der Waals surface area contributed by atoms with Gasteiger partial charge < -0.3 is 10.0 Å². The number of hydrogen-bond acceptors (Lipinski definition) is 5. The Hall–Kier alpha value is -2.47. The molecular weight excluding hydrogens is 310 g/mol. The second-order valence-electron chi connectivity index (χ2n) is 5.66. The Morgan fingerprint density at radius 3 is 3.00 bits per heavy atom. The van der Waals surface area contributed by atoms with Crippen molar-refractivity contribution < 1.29 is 9.90 Å². The monoisotopic (exact) mass is 325 g/mol. The van der Waals surface area contributed by atoms with Gasteiger partial charge in [-0.05, 0) is 29.5 Å². The standard InChI is InChI=1S/C17H15N3O2S/c21-17(22)13-4-2-1-3-12(13)11-5-7-20(9-11)16-15-14(6-8-23-15)18-10-19-16/h1-4,6,8,10-11H,5,7,9H2,(H,21,22)/t11-/m1/s1. The van der Waals surface area contributed by atoms with Crippen LogP contribution in [0.4, 0.5) is 5.82 Å². The number of carbonyl (C=O) groups is 1. The van der Waals surface area contributed by atoms with E-state index in [1.807, 2.05) is 23.6 Å². The molecule has 3 aromatic rings. The predicted octanol–water partition coefficient (Wildman–Crippen LogP) is 3.38. The molecule has 2 aromatic heterocycles. The molecule has 0 spiro atoms. The van der Waals surface area contributed by atoms with Gasteiger partial charge in [0, 0.05) is 19.0 Å². The molecule has 1 aliphatic rings. The van der Waals surface area contributed by atoms with E-state index in [9.17, 15) is 9.90 Å². The van der Waals surface area contributed by atoms with Crippen molar-refractivity contribution in [1.29, 1.82) is 0 Å². The highest BCUT2D eigenvalue weighted by molar-refractivity contribution is 7.17. The minimum atomic E-state index is -0.860. The Balaban J connectivity index is 1.65. The van der Waals surface area contributed by atoms with E-state index < -0.39 is 5.97 Å². The summed E-state index contributed by atoms with van der Waals surface area (Å²) in [5.41, 5.74) is 2.29. The molecule has 1 aliphatic heterocycles. The van der Waals surface area contributed by atoms with E-state index in [-0.39, 0.29) is 5.92 Å². The van der Waals surface area contributed by atoms with Crippen LogP contribution >= 0.6 is 11.3 Å². The Morgan fingerprint density at radius 2 is 2.13 bits per heavy atom. The zero-order valence-electron chi connectivity index (χ0n) is 12.3. The van der Waals surface area contributed by atoms with Gasteiger partial charge in [0.05, 0.1) is 15.8 Å². The van der Waals surface area contributed by atoms with Gasteiger partial charge in [-0.3, -0.25) is 0 Å². The van der Waals surface area contributed by atoms with E-state index >= 15 is 0 Å². The molecule has 0 saturated carbocycles. The zero-order chi connectivity index (χ0) is 15.8. The summed E-state index contributed by atoms with van der Waals surface area (Å²) in [5.74, 6) is 0.314. The first-order valence-corrected chi connectivity index (χ1v) is 8.37. The van der Waals surface area contributed by atoms with Crippen LogP contribution in [0.2, 0.25) is 0 Å². The van der Waals surface area contributed by atoms with Crippen molar-refractivity contribution in [3.63, 3.8) is 0 Å². The number of nitrogens with zero attached hydrogens (tertiary/aromatic N) is 3. The summed E-state index contributed by atoms with van der Waals surface area (Å²) < 4.78 is 1.10. The molecular formula is C17H15N3O2S. The number of aromatic carboxylic acids is 1. The van der Waals surface area contributed by atoms with Crippen molar-refractivity contribution in [2.45, 2.75) is 12.3 Å². The maximum Gasteiger partial charge on any atom is 0.335 e. The molecule has 0 unspecified atom stereocenters. The number of anilines is 1. The van der Waals surface area contributed by atoms with Crippen LogP contribution in [0.15, 0.2) is 42.0 Å². The third kappa shape index (κ3) is 2.45. The van der Waals surface area contributed by atoms with E-state index in [0.29, 0.717) is 5.56 Å². The van der Waals surface area contributed by atoms with Gasteiger partial charge in [0.1, 0.15) is 12.1 Å². The third-order valence-electron chi connectivity index (χ3n) is 4.34. The number of carboxylic acids is 1. The Morgan fingerprint density at radius 1 is 1.26 bits per heavy atom. The van der Waals surface area contributed by atoms with Gasteiger partial charge in [-0.25, -0.2) is 14.8 Å². The van der Waals surface area contributed by atoms with Crippen LogP contribution in [0.5, 0.6) is 0 Å². The molecule has 5 nitrogen and oxygen atoms in total. The van der Waals surface area contributed by atoms with Crippen LogP contribution < -0.4 is 4.90 Å². The van der Waals surface area contributed by atoms with Crippen LogP contribution in [0.1, 0.15) is 28.3 Å². The van der Waals surface area contributed by atoms with Gasteiger partial charge >= 0.3 is 5.97 Å². The number of aromatic nitrogens is 2. The van der Waals surface area contributed by atoms with E-state index in [1.165, 1.54) is 0 Å². The molecule has 3 heterocycles. The van der Waals surface area contributed by atoms with Crippen LogP contribution in [-0.4, -0.2) is 34.1 Å². The fourth-order valence-electron chi connectivity index (χ4n) is 3.26. The smallest absolute Gasteiger partial charge is 0.335 e. The molecule has 1 atom stereocenters. The van der Waals surface area contributed by atoms with Crippen molar-refractivity contribution in [3.05, 3.63) is 53.2 Å². The summed E-state index contributed by atoms with van der Waals surface area (Å²) in [5, 5.41) is 11.4. The number of hydrogen-bond donors (Lipinski definition) is 1. The molecule has 0 bridgehead atoms. The average molecular weight is 325 g/mol. The van der Waals surface area contributed by atoms with Crippen LogP contribution in [0, 0.1) is 0 Å². The number of rotatable bonds is 3. The van der Waals surface area contributed by atoms with Gasteiger partial charge in [0.25, 0.3) is 0 Å². The number of carboxylic acid groups (broad SMARTS) is 1. The first-order valence-electron chi connectivity index (χ1n) is 7.49. The molecule has 116 valence electrons. The lowest BCUT2D eigenvalue weighted by atomic mass is 9.93. The van der Waals surface area contributed by atoms with Crippen LogP contribution in [0.3, 0.4) is 0 Å². The maximum atomic E-state index is 11.4. The van der Waals surface area contributed by atoms with Gasteiger partial charge in [-0.2, -0.15) is 0 Å². The van der Waals surface area contributed by atoms with Gasteiger partial charge in [0.2, 0.25) is 0 Å². The molecule has 4 rings (SSSR count). The molecule has 6 heteroatoms. The Kier molecular flexibility index (Phi) is 3.46. The Labute approximate surface area is 137 Å². The minimum absolute atomic E-state index is 0.215. The highest BCUT2D eigenvalue weighted by Crippen LogP contribution is 2.35. The predicted molar refractivity (Wildman–Crippen MR) is 90.4 cm³/mol. The second-order valence-corrected chi connectivity index (χ2v) is 6.57. The van der Waals surface area contributed by atoms with Gasteiger partial charge in [0.15, 0.2) is 0 Å². The van der Waals surface area contributed by atoms with Crippen LogP contribution in [0.25, 0.3) is 10.2 Å². The molecule has 1 aromatic carbocycles. The number of thiophene rings is 1. The molecule has 0 aliphatic carbocycles. The van der Waals surface area contributed by atoms with E-state index in [1.54, 1.807) is 29.8 Å². The van der Waals surface area contributed by atoms with Crippen molar-refractivity contribution in [1.82, 2.24) is 9.97 Å². The summed E-state index contributed by atoms with van der Waals surface area (Å²) >= 11 is 1.65. The summed E-state index contributed by atoms with van der Waals surface area (Å²) in [7, 11) is 0. The van der Waals surface area contributed by atoms with Crippen molar-refractivity contribution in [2.24, 2.45) is 0 Å². The summed E-state index contributed by atoms with van der Waals surface area (Å²) in [6.07, 6.45) is 2.53. The van der Waals surface area contributed by atoms with Crippen LogP contribution in [-0.2, 0) is 0 Å². The largest absolute Gasteiger partial charge is 0.478 e. The summed E-state index contributed by atoms with van der Waals surface area (Å²) in [6, 6.07) is 9.30.